The third-order valence-corrected chi connectivity index (χ3v) is 6.54. The average molecular weight is 377 g/mol. The first kappa shape index (κ1) is 17.7. The summed E-state index contributed by atoms with van der Waals surface area (Å²) in [6.45, 7) is 3.83. The second-order valence-corrected chi connectivity index (χ2v) is 8.20. The first-order valence-electron chi connectivity index (χ1n) is 10.7. The largest absolute Gasteiger partial charge is 0.493 e. The highest BCUT2D eigenvalue weighted by Gasteiger charge is 2.44. The Morgan fingerprint density at radius 1 is 0.964 bits per heavy atom. The number of carbonyl (C=O) groups is 1. The molecule has 1 amide bonds. The smallest absolute Gasteiger partial charge is 0.228 e. The van der Waals surface area contributed by atoms with E-state index in [1.165, 1.54) is 24.8 Å². The van der Waals surface area contributed by atoms with Gasteiger partial charge in [-0.05, 0) is 50.0 Å². The van der Waals surface area contributed by atoms with Crippen molar-refractivity contribution in [1.82, 2.24) is 4.90 Å². The molecular formula is C24H28N2O2. The monoisotopic (exact) mass is 376 g/mol. The number of rotatable bonds is 3. The van der Waals surface area contributed by atoms with E-state index in [9.17, 15) is 4.79 Å². The maximum Gasteiger partial charge on any atom is 0.228 e. The van der Waals surface area contributed by atoms with Gasteiger partial charge in [0.2, 0.25) is 5.91 Å². The first-order chi connectivity index (χ1) is 13.8. The van der Waals surface area contributed by atoms with Gasteiger partial charge < -0.3 is 14.5 Å². The SMILES string of the molecule is O=C(CCN1CCCCC1)N1c2ccccc2C2CCOc3ccccc3C21. The minimum Gasteiger partial charge on any atom is -0.493 e. The van der Waals surface area contributed by atoms with E-state index in [4.69, 9.17) is 4.74 Å². The lowest BCUT2D eigenvalue weighted by molar-refractivity contribution is -0.119. The number of para-hydroxylation sites is 2. The third kappa shape index (κ3) is 3.10. The molecular weight excluding hydrogens is 348 g/mol. The topological polar surface area (TPSA) is 32.8 Å². The number of fused-ring (bicyclic) bond motifs is 5. The minimum atomic E-state index is 0.0463. The summed E-state index contributed by atoms with van der Waals surface area (Å²) in [6, 6.07) is 16.8. The highest BCUT2D eigenvalue weighted by molar-refractivity contribution is 5.97. The summed E-state index contributed by atoms with van der Waals surface area (Å²) >= 11 is 0. The van der Waals surface area contributed by atoms with Gasteiger partial charge in [-0.15, -0.1) is 0 Å². The molecule has 1 saturated heterocycles. The van der Waals surface area contributed by atoms with E-state index in [0.29, 0.717) is 18.9 Å². The third-order valence-electron chi connectivity index (χ3n) is 6.54. The molecule has 2 aromatic rings. The lowest BCUT2D eigenvalue weighted by atomic mass is 9.88. The van der Waals surface area contributed by atoms with Gasteiger partial charge in [-0.1, -0.05) is 42.8 Å². The van der Waals surface area contributed by atoms with E-state index in [1.54, 1.807) is 0 Å². The fourth-order valence-corrected chi connectivity index (χ4v) is 5.19. The number of carbonyl (C=O) groups excluding carboxylic acids is 1. The Labute approximate surface area is 167 Å². The molecule has 0 saturated carbocycles. The quantitative estimate of drug-likeness (QED) is 0.790. The molecule has 3 aliphatic rings. The van der Waals surface area contributed by atoms with Gasteiger partial charge in [0, 0.05) is 30.1 Å². The van der Waals surface area contributed by atoms with E-state index in [0.717, 1.165) is 43.1 Å². The number of ether oxygens (including phenoxy) is 1. The molecule has 2 unspecified atom stereocenters. The van der Waals surface area contributed by atoms with Gasteiger partial charge in [-0.3, -0.25) is 4.79 Å². The maximum atomic E-state index is 13.5. The lowest BCUT2D eigenvalue weighted by Gasteiger charge is -2.30. The molecule has 3 heterocycles. The van der Waals surface area contributed by atoms with Crippen LogP contribution in [0.3, 0.4) is 0 Å². The second kappa shape index (κ2) is 7.59. The van der Waals surface area contributed by atoms with Crippen molar-refractivity contribution in [2.24, 2.45) is 0 Å². The number of anilines is 1. The van der Waals surface area contributed by atoms with Crippen LogP contribution in [0.15, 0.2) is 48.5 Å². The fourth-order valence-electron chi connectivity index (χ4n) is 5.19. The molecule has 2 aromatic carbocycles. The Morgan fingerprint density at radius 2 is 1.71 bits per heavy atom. The van der Waals surface area contributed by atoms with E-state index in [2.05, 4.69) is 46.2 Å². The first-order valence-corrected chi connectivity index (χ1v) is 10.7. The van der Waals surface area contributed by atoms with Gasteiger partial charge in [0.15, 0.2) is 0 Å². The van der Waals surface area contributed by atoms with Crippen LogP contribution in [0.5, 0.6) is 5.75 Å². The molecule has 146 valence electrons. The molecule has 5 rings (SSSR count). The van der Waals surface area contributed by atoms with Crippen LogP contribution in [0.2, 0.25) is 0 Å². The van der Waals surface area contributed by atoms with E-state index >= 15 is 0 Å². The van der Waals surface area contributed by atoms with E-state index < -0.39 is 0 Å². The molecule has 1 fully saturated rings. The molecule has 0 aromatic heterocycles. The van der Waals surface area contributed by atoms with E-state index in [1.807, 2.05) is 12.1 Å². The van der Waals surface area contributed by atoms with Crippen molar-refractivity contribution in [2.75, 3.05) is 31.1 Å². The van der Waals surface area contributed by atoms with Gasteiger partial charge in [0.25, 0.3) is 0 Å². The highest BCUT2D eigenvalue weighted by atomic mass is 16.5. The highest BCUT2D eigenvalue weighted by Crippen LogP contribution is 2.53. The summed E-state index contributed by atoms with van der Waals surface area (Å²) in [6.07, 6.45) is 5.36. The molecule has 0 aliphatic carbocycles. The number of hydrogen-bond acceptors (Lipinski definition) is 3. The summed E-state index contributed by atoms with van der Waals surface area (Å²) in [4.78, 5) is 18.0. The Morgan fingerprint density at radius 3 is 2.57 bits per heavy atom. The van der Waals surface area contributed by atoms with E-state index in [-0.39, 0.29) is 11.9 Å². The fraction of sp³-hybridized carbons (Fsp3) is 0.458. The van der Waals surface area contributed by atoms with Crippen molar-refractivity contribution in [3.05, 3.63) is 59.7 Å². The molecule has 0 bridgehead atoms. The van der Waals surface area contributed by atoms with Gasteiger partial charge in [-0.2, -0.15) is 0 Å². The second-order valence-electron chi connectivity index (χ2n) is 8.20. The summed E-state index contributed by atoms with van der Waals surface area (Å²) in [5.41, 5.74) is 3.53. The number of nitrogens with zero attached hydrogens (tertiary/aromatic N) is 2. The predicted molar refractivity (Wildman–Crippen MR) is 111 cm³/mol. The van der Waals surface area contributed by atoms with Crippen LogP contribution in [-0.2, 0) is 4.79 Å². The lowest BCUT2D eigenvalue weighted by Crippen LogP contribution is -2.37. The number of hydrogen-bond donors (Lipinski definition) is 0. The summed E-state index contributed by atoms with van der Waals surface area (Å²) in [5, 5.41) is 0. The van der Waals surface area contributed by atoms with Gasteiger partial charge in [0.1, 0.15) is 5.75 Å². The van der Waals surface area contributed by atoms with Crippen LogP contribution in [0.1, 0.15) is 55.2 Å². The molecule has 0 N–H and O–H groups in total. The number of piperidine rings is 1. The molecule has 28 heavy (non-hydrogen) atoms. The van der Waals surface area contributed by atoms with Gasteiger partial charge >= 0.3 is 0 Å². The van der Waals surface area contributed by atoms with Crippen LogP contribution < -0.4 is 9.64 Å². The summed E-state index contributed by atoms with van der Waals surface area (Å²) in [5.74, 6) is 1.47. The molecule has 2 atom stereocenters. The zero-order valence-electron chi connectivity index (χ0n) is 16.3. The molecule has 0 radical (unpaired) electrons. The number of amides is 1. The van der Waals surface area contributed by atoms with Crippen molar-refractivity contribution >= 4 is 11.6 Å². The van der Waals surface area contributed by atoms with Crippen LogP contribution >= 0.6 is 0 Å². The number of likely N-dealkylation sites (tertiary alicyclic amines) is 1. The predicted octanol–water partition coefficient (Wildman–Crippen LogP) is 4.52. The van der Waals surface area contributed by atoms with Crippen LogP contribution in [0, 0.1) is 0 Å². The van der Waals surface area contributed by atoms with Gasteiger partial charge in [0.05, 0.1) is 12.6 Å². The molecule has 4 heteroatoms. The summed E-state index contributed by atoms with van der Waals surface area (Å²) < 4.78 is 6.04. The zero-order valence-corrected chi connectivity index (χ0v) is 16.3. The molecule has 0 spiro atoms. The van der Waals surface area contributed by atoms with Crippen LogP contribution in [0.25, 0.3) is 0 Å². The summed E-state index contributed by atoms with van der Waals surface area (Å²) in [7, 11) is 0. The standard InChI is InChI=1S/C24H28N2O2/c27-23(12-16-25-14-6-1-7-15-25)26-21-10-4-2-8-18(21)19-13-17-28-22-11-5-3-9-20(22)24(19)26/h2-5,8-11,19,24H,1,6-7,12-17H2. The normalized spacial score (nSPS) is 23.9. The maximum absolute atomic E-state index is 13.5. The molecule has 3 aliphatic heterocycles. The van der Waals surface area contributed by atoms with Crippen LogP contribution in [0.4, 0.5) is 5.69 Å². The van der Waals surface area contributed by atoms with Crippen molar-refractivity contribution < 1.29 is 9.53 Å². The van der Waals surface area contributed by atoms with Gasteiger partial charge in [-0.25, -0.2) is 0 Å². The average Bonchev–Trinajstić information content (AvgIpc) is 2.95. The zero-order chi connectivity index (χ0) is 18.9. The number of benzene rings is 2. The minimum absolute atomic E-state index is 0.0463. The Hall–Kier alpha value is -2.33. The Balaban J connectivity index is 1.47. The Kier molecular flexibility index (Phi) is 4.81. The molecule has 4 nitrogen and oxygen atoms in total. The van der Waals surface area contributed by atoms with Crippen molar-refractivity contribution in [3.8, 4) is 5.75 Å². The van der Waals surface area contributed by atoms with Crippen molar-refractivity contribution in [2.45, 2.75) is 44.1 Å². The van der Waals surface area contributed by atoms with Crippen molar-refractivity contribution in [1.29, 1.82) is 0 Å². The van der Waals surface area contributed by atoms with Crippen LogP contribution in [-0.4, -0.2) is 37.0 Å². The van der Waals surface area contributed by atoms with Crippen molar-refractivity contribution in [3.63, 3.8) is 0 Å². The Bertz CT molecular complexity index is 859.